The molecule has 0 amide bonds. The molecule has 1 aliphatic heterocycles. The van der Waals surface area contributed by atoms with E-state index in [1.54, 1.807) is 24.3 Å². The van der Waals surface area contributed by atoms with Crippen LogP contribution in [0.2, 0.25) is 0 Å². The van der Waals surface area contributed by atoms with E-state index in [1.165, 1.54) is 6.07 Å². The maximum absolute atomic E-state index is 13.0. The number of carboxylic acid groups (broad SMARTS) is 1. The molecule has 0 bridgehead atoms. The highest BCUT2D eigenvalue weighted by atomic mass is 16.4. The fraction of sp³-hybridized carbons (Fsp3) is 0.346. The van der Waals surface area contributed by atoms with Crippen LogP contribution in [0.5, 0.6) is 0 Å². The van der Waals surface area contributed by atoms with Crippen molar-refractivity contribution < 1.29 is 14.3 Å². The molecule has 1 aromatic heterocycles. The van der Waals surface area contributed by atoms with Gasteiger partial charge in [-0.2, -0.15) is 5.26 Å². The Hall–Kier alpha value is -3.79. The number of aryl methyl sites for hydroxylation is 1. The summed E-state index contributed by atoms with van der Waals surface area (Å²) in [5, 5.41) is 22.7. The lowest BCUT2D eigenvalue weighted by Gasteiger charge is -2.35. The second-order valence-corrected chi connectivity index (χ2v) is 9.06. The minimum atomic E-state index is -1.01. The summed E-state index contributed by atoms with van der Waals surface area (Å²) in [4.78, 5) is 26.6. The molecule has 7 heteroatoms. The fourth-order valence-corrected chi connectivity index (χ4v) is 4.34. The summed E-state index contributed by atoms with van der Waals surface area (Å²) >= 11 is 0. The van der Waals surface area contributed by atoms with Gasteiger partial charge in [-0.1, -0.05) is 18.2 Å². The Morgan fingerprint density at radius 1 is 1.24 bits per heavy atom. The molecule has 0 radical (unpaired) electrons. The number of anilines is 2. The highest BCUT2D eigenvalue weighted by Gasteiger charge is 2.31. The first kappa shape index (κ1) is 22.4. The molecule has 2 heterocycles. The van der Waals surface area contributed by atoms with Crippen LogP contribution < -0.4 is 15.6 Å². The minimum absolute atomic E-state index is 0.122. The van der Waals surface area contributed by atoms with Crippen LogP contribution in [0, 0.1) is 23.7 Å². The van der Waals surface area contributed by atoms with E-state index in [1.807, 2.05) is 37.8 Å². The van der Waals surface area contributed by atoms with Gasteiger partial charge in [-0.3, -0.25) is 4.79 Å². The Kier molecular flexibility index (Phi) is 5.86. The van der Waals surface area contributed by atoms with Crippen molar-refractivity contribution in [3.05, 3.63) is 69.4 Å². The molecule has 7 nitrogen and oxygen atoms in total. The molecule has 3 aromatic rings. The Balaban J connectivity index is 1.74. The zero-order valence-electron chi connectivity index (χ0n) is 19.0. The first-order valence-corrected chi connectivity index (χ1v) is 11.0. The molecule has 1 aliphatic rings. The summed E-state index contributed by atoms with van der Waals surface area (Å²) in [5.41, 5.74) is 2.39. The van der Waals surface area contributed by atoms with E-state index in [-0.39, 0.29) is 22.4 Å². The minimum Gasteiger partial charge on any atom is -0.478 e. The van der Waals surface area contributed by atoms with Crippen molar-refractivity contribution in [1.82, 2.24) is 0 Å². The standard InChI is InChI=1S/C26H27N3O4/c1-16-12-19(17(2)28-21-7-5-4-6-18(21)25(31)32)24-20(13-16)22(30)14-23(33-24)29-10-8-26(3,15-27)9-11-29/h4-7,12-14,17,28H,8-11H2,1-3H3,(H,31,32)/t17-/m1/s1. The zero-order chi connectivity index (χ0) is 23.8. The predicted octanol–water partition coefficient (Wildman–Crippen LogP) is 5.10. The first-order valence-electron chi connectivity index (χ1n) is 11.0. The van der Waals surface area contributed by atoms with Gasteiger partial charge in [0.25, 0.3) is 0 Å². The normalized spacial score (nSPS) is 16.2. The molecule has 0 aliphatic carbocycles. The van der Waals surface area contributed by atoms with E-state index in [9.17, 15) is 20.0 Å². The van der Waals surface area contributed by atoms with Gasteiger partial charge in [0.2, 0.25) is 0 Å². The zero-order valence-corrected chi connectivity index (χ0v) is 19.0. The second-order valence-electron chi connectivity index (χ2n) is 9.06. The number of carboxylic acids is 1. The van der Waals surface area contributed by atoms with E-state index in [0.717, 1.165) is 11.1 Å². The lowest BCUT2D eigenvalue weighted by molar-refractivity contribution is 0.0698. The van der Waals surface area contributed by atoms with Gasteiger partial charge in [-0.05, 0) is 57.4 Å². The van der Waals surface area contributed by atoms with Gasteiger partial charge in [0.05, 0.1) is 28.5 Å². The van der Waals surface area contributed by atoms with Crippen molar-refractivity contribution in [3.8, 4) is 6.07 Å². The third-order valence-corrected chi connectivity index (χ3v) is 6.43. The van der Waals surface area contributed by atoms with Crippen LogP contribution in [0.3, 0.4) is 0 Å². The highest BCUT2D eigenvalue weighted by Crippen LogP contribution is 2.34. The van der Waals surface area contributed by atoms with Crippen molar-refractivity contribution in [1.29, 1.82) is 5.26 Å². The molecule has 2 aromatic carbocycles. The van der Waals surface area contributed by atoms with E-state index in [4.69, 9.17) is 4.42 Å². The van der Waals surface area contributed by atoms with Gasteiger partial charge in [0, 0.05) is 30.4 Å². The van der Waals surface area contributed by atoms with Gasteiger partial charge in [0.15, 0.2) is 11.3 Å². The lowest BCUT2D eigenvalue weighted by atomic mass is 9.82. The molecule has 0 spiro atoms. The molecule has 4 rings (SSSR count). The predicted molar refractivity (Wildman–Crippen MR) is 128 cm³/mol. The van der Waals surface area contributed by atoms with Crippen LogP contribution in [0.15, 0.2) is 51.7 Å². The van der Waals surface area contributed by atoms with Crippen LogP contribution >= 0.6 is 0 Å². The van der Waals surface area contributed by atoms with E-state index in [2.05, 4.69) is 11.4 Å². The molecule has 0 saturated carbocycles. The molecule has 0 unspecified atom stereocenters. The van der Waals surface area contributed by atoms with E-state index >= 15 is 0 Å². The summed E-state index contributed by atoms with van der Waals surface area (Å²) in [6.45, 7) is 7.07. The third-order valence-electron chi connectivity index (χ3n) is 6.43. The van der Waals surface area contributed by atoms with Crippen molar-refractivity contribution in [2.24, 2.45) is 5.41 Å². The molecule has 170 valence electrons. The quantitative estimate of drug-likeness (QED) is 0.562. The molecule has 1 atom stereocenters. The van der Waals surface area contributed by atoms with E-state index in [0.29, 0.717) is 48.5 Å². The largest absolute Gasteiger partial charge is 0.478 e. The number of nitrogens with zero attached hydrogens (tertiary/aromatic N) is 2. The van der Waals surface area contributed by atoms with Crippen LogP contribution in [0.25, 0.3) is 11.0 Å². The molecule has 1 fully saturated rings. The third kappa shape index (κ3) is 4.42. The number of fused-ring (bicyclic) bond motifs is 1. The Morgan fingerprint density at radius 2 is 1.94 bits per heavy atom. The van der Waals surface area contributed by atoms with Crippen LogP contribution in [-0.2, 0) is 0 Å². The monoisotopic (exact) mass is 445 g/mol. The maximum Gasteiger partial charge on any atom is 0.337 e. The lowest BCUT2D eigenvalue weighted by Crippen LogP contribution is -2.38. The number of para-hydroxylation sites is 1. The van der Waals surface area contributed by atoms with Crippen LogP contribution in [0.1, 0.15) is 54.2 Å². The van der Waals surface area contributed by atoms with Crippen LogP contribution in [-0.4, -0.2) is 24.2 Å². The van der Waals surface area contributed by atoms with Gasteiger partial charge < -0.3 is 19.7 Å². The average molecular weight is 446 g/mol. The number of rotatable bonds is 5. The van der Waals surface area contributed by atoms with E-state index < -0.39 is 5.97 Å². The smallest absolute Gasteiger partial charge is 0.337 e. The number of nitriles is 1. The molecule has 33 heavy (non-hydrogen) atoms. The Labute approximate surface area is 192 Å². The Morgan fingerprint density at radius 3 is 2.61 bits per heavy atom. The van der Waals surface area contributed by atoms with Crippen molar-refractivity contribution in [2.75, 3.05) is 23.3 Å². The molecular formula is C26H27N3O4. The van der Waals surface area contributed by atoms with Crippen LogP contribution in [0.4, 0.5) is 11.6 Å². The summed E-state index contributed by atoms with van der Waals surface area (Å²) < 4.78 is 6.29. The van der Waals surface area contributed by atoms with Gasteiger partial charge >= 0.3 is 5.97 Å². The number of nitrogens with one attached hydrogen (secondary N) is 1. The number of benzene rings is 2. The number of carbonyl (C=O) groups is 1. The average Bonchev–Trinajstić information content (AvgIpc) is 2.79. The number of aromatic carboxylic acids is 1. The number of piperidine rings is 1. The second kappa shape index (κ2) is 8.62. The topological polar surface area (TPSA) is 107 Å². The summed E-state index contributed by atoms with van der Waals surface area (Å²) in [5.74, 6) is -0.515. The molecular weight excluding hydrogens is 418 g/mol. The van der Waals surface area contributed by atoms with Crippen molar-refractivity contribution >= 4 is 28.5 Å². The fourth-order valence-electron chi connectivity index (χ4n) is 4.34. The number of hydrogen-bond donors (Lipinski definition) is 2. The van der Waals surface area contributed by atoms with Crippen molar-refractivity contribution in [3.63, 3.8) is 0 Å². The summed E-state index contributed by atoms with van der Waals surface area (Å²) in [6.07, 6.45) is 1.41. The van der Waals surface area contributed by atoms with Gasteiger partial charge in [0.1, 0.15) is 5.58 Å². The summed E-state index contributed by atoms with van der Waals surface area (Å²) in [7, 11) is 0. The first-order chi connectivity index (χ1) is 15.7. The van der Waals surface area contributed by atoms with Gasteiger partial charge in [-0.15, -0.1) is 0 Å². The molecule has 1 saturated heterocycles. The summed E-state index contributed by atoms with van der Waals surface area (Å²) in [6, 6.07) is 14.1. The Bertz CT molecular complexity index is 1310. The van der Waals surface area contributed by atoms with Crippen molar-refractivity contribution in [2.45, 2.75) is 39.7 Å². The maximum atomic E-state index is 13.0. The SMILES string of the molecule is Cc1cc([C@@H](C)Nc2ccccc2C(=O)O)c2oc(N3CCC(C)(C#N)CC3)cc(=O)c2c1. The number of hydrogen-bond acceptors (Lipinski definition) is 6. The highest BCUT2D eigenvalue weighted by molar-refractivity contribution is 5.94. The molecule has 2 N–H and O–H groups in total. The van der Waals surface area contributed by atoms with Gasteiger partial charge in [-0.25, -0.2) is 4.79 Å².